The number of rotatable bonds is 0. The van der Waals surface area contributed by atoms with Gasteiger partial charge < -0.3 is 15.3 Å². The van der Waals surface area contributed by atoms with Crippen molar-refractivity contribution in [1.29, 1.82) is 0 Å². The van der Waals surface area contributed by atoms with Crippen LogP contribution < -0.4 is 0 Å². The van der Waals surface area contributed by atoms with Crippen LogP contribution in [-0.4, -0.2) is 25.1 Å². The first-order valence-corrected chi connectivity index (χ1v) is 2.62. The van der Waals surface area contributed by atoms with Gasteiger partial charge in [-0.05, 0) is 0 Å². The summed E-state index contributed by atoms with van der Waals surface area (Å²) in [6.45, 7) is 0. The maximum Gasteiger partial charge on any atom is 0.325 e. The van der Waals surface area contributed by atoms with Crippen LogP contribution in [0.4, 0.5) is 0 Å². The molecule has 0 saturated heterocycles. The van der Waals surface area contributed by atoms with Gasteiger partial charge in [0.2, 0.25) is 0 Å². The molecular weight excluding hydrogens is 178 g/mol. The summed E-state index contributed by atoms with van der Waals surface area (Å²) in [5.74, 6) is -3.27. The van der Waals surface area contributed by atoms with E-state index in [4.69, 9.17) is 50.1 Å². The Bertz CT molecular complexity index is 67.5. The van der Waals surface area contributed by atoms with Crippen molar-refractivity contribution in [3.63, 3.8) is 0 Å². The highest BCUT2D eigenvalue weighted by atomic mass is 35.6. The van der Waals surface area contributed by atoms with E-state index in [1.54, 1.807) is 0 Å². The number of aliphatic hydroxyl groups is 3. The Balaban J connectivity index is 4.02. The summed E-state index contributed by atoms with van der Waals surface area (Å²) >= 11 is 14.4. The predicted molar refractivity (Wildman–Crippen MR) is 29.7 cm³/mol. The van der Waals surface area contributed by atoms with E-state index in [0.29, 0.717) is 0 Å². The summed E-state index contributed by atoms with van der Waals surface area (Å²) in [5, 5.41) is 24.2. The summed E-state index contributed by atoms with van der Waals surface area (Å²) < 4.78 is -2.48. The third kappa shape index (κ3) is 2.35. The van der Waals surface area contributed by atoms with E-state index in [2.05, 4.69) is 0 Å². The van der Waals surface area contributed by atoms with E-state index in [0.717, 1.165) is 0 Å². The van der Waals surface area contributed by atoms with Gasteiger partial charge in [0.15, 0.2) is 0 Å². The number of hydrogen-bond acceptors (Lipinski definition) is 3. The molecule has 3 N–H and O–H groups in total. The fraction of sp³-hybridized carbons (Fsp3) is 1.00. The third-order valence-electron chi connectivity index (χ3n) is 0.380. The highest BCUT2D eigenvalue weighted by Gasteiger charge is 2.44. The molecule has 0 aromatic carbocycles. The van der Waals surface area contributed by atoms with Crippen molar-refractivity contribution in [2.45, 2.75) is 9.77 Å². The van der Waals surface area contributed by atoms with E-state index in [1.807, 2.05) is 0 Å². The van der Waals surface area contributed by atoms with Crippen LogP contribution >= 0.6 is 34.8 Å². The van der Waals surface area contributed by atoms with Gasteiger partial charge in [-0.25, -0.2) is 0 Å². The highest BCUT2D eigenvalue weighted by molar-refractivity contribution is 6.68. The van der Waals surface area contributed by atoms with Crippen LogP contribution in [0.5, 0.6) is 0 Å². The van der Waals surface area contributed by atoms with Crippen molar-refractivity contribution in [2.24, 2.45) is 0 Å². The Morgan fingerprint density at radius 1 is 0.875 bits per heavy atom. The van der Waals surface area contributed by atoms with Crippen molar-refractivity contribution in [1.82, 2.24) is 0 Å². The molecule has 0 aliphatic rings. The molecule has 0 heterocycles. The molecule has 3 nitrogen and oxygen atoms in total. The molecule has 0 bridgehead atoms. The Kier molecular flexibility index (Phi) is 2.38. The molecule has 0 rings (SSSR count). The summed E-state index contributed by atoms with van der Waals surface area (Å²) in [6.07, 6.45) is 0. The van der Waals surface area contributed by atoms with Crippen molar-refractivity contribution in [2.75, 3.05) is 0 Å². The zero-order chi connectivity index (χ0) is 7.00. The molecule has 0 aliphatic carbocycles. The van der Waals surface area contributed by atoms with Crippen LogP contribution in [0.2, 0.25) is 0 Å². The largest absolute Gasteiger partial charge is 0.340 e. The lowest BCUT2D eigenvalue weighted by molar-refractivity contribution is -0.307. The lowest BCUT2D eigenvalue weighted by atomic mass is 10.6. The predicted octanol–water partition coefficient (Wildman–Crippen LogP) is -0.0127. The van der Waals surface area contributed by atoms with E-state index in [9.17, 15) is 0 Å². The van der Waals surface area contributed by atoms with E-state index in [-0.39, 0.29) is 0 Å². The van der Waals surface area contributed by atoms with Crippen molar-refractivity contribution < 1.29 is 15.3 Å². The Labute approximate surface area is 60.4 Å². The number of halogens is 3. The second-order valence-corrected chi connectivity index (χ2v) is 3.41. The highest BCUT2D eigenvalue weighted by Crippen LogP contribution is 2.34. The van der Waals surface area contributed by atoms with Crippen LogP contribution in [0.25, 0.3) is 0 Å². The molecule has 0 unspecified atom stereocenters. The molecule has 0 aromatic rings. The first kappa shape index (κ1) is 8.75. The molecule has 0 spiro atoms. The maximum atomic E-state index is 8.07. The monoisotopic (exact) mass is 180 g/mol. The minimum absolute atomic E-state index is 2.48. The van der Waals surface area contributed by atoms with Gasteiger partial charge in [0, 0.05) is 0 Å². The van der Waals surface area contributed by atoms with Gasteiger partial charge in [0.1, 0.15) is 0 Å². The fourth-order valence-corrected chi connectivity index (χ4v) is 0. The summed E-state index contributed by atoms with van der Waals surface area (Å²) in [5.41, 5.74) is 0. The minimum atomic E-state index is -3.27. The summed E-state index contributed by atoms with van der Waals surface area (Å²) in [4.78, 5) is 0. The molecular formula is C2H3Cl3O3. The Morgan fingerprint density at radius 2 is 1.00 bits per heavy atom. The first-order valence-electron chi connectivity index (χ1n) is 1.49. The average molecular weight is 181 g/mol. The Morgan fingerprint density at radius 3 is 1.00 bits per heavy atom. The standard InChI is InChI=1S/C2H3Cl3O3/c3-1(4,5)2(6,7)8/h6-8H. The van der Waals surface area contributed by atoms with Crippen molar-refractivity contribution >= 4 is 34.8 Å². The smallest absolute Gasteiger partial charge is 0.325 e. The van der Waals surface area contributed by atoms with Gasteiger partial charge in [0.25, 0.3) is 3.79 Å². The first-order chi connectivity index (χ1) is 3.25. The number of hydrogen-bond donors (Lipinski definition) is 3. The van der Waals surface area contributed by atoms with Gasteiger partial charge in [-0.3, -0.25) is 0 Å². The fourth-order valence-electron chi connectivity index (χ4n) is 0. The second kappa shape index (κ2) is 2.17. The summed E-state index contributed by atoms with van der Waals surface area (Å²) in [6, 6.07) is 0. The molecule has 0 aliphatic heterocycles. The summed E-state index contributed by atoms with van der Waals surface area (Å²) in [7, 11) is 0. The van der Waals surface area contributed by atoms with Crippen molar-refractivity contribution in [3.05, 3.63) is 0 Å². The molecule has 0 fully saturated rings. The van der Waals surface area contributed by atoms with Crippen LogP contribution in [0.1, 0.15) is 0 Å². The topological polar surface area (TPSA) is 60.7 Å². The minimum Gasteiger partial charge on any atom is -0.340 e. The normalized spacial score (nSPS) is 14.2. The third-order valence-corrected chi connectivity index (χ3v) is 1.14. The van der Waals surface area contributed by atoms with Crippen LogP contribution in [0, 0.1) is 0 Å². The van der Waals surface area contributed by atoms with E-state index >= 15 is 0 Å². The van der Waals surface area contributed by atoms with Gasteiger partial charge >= 0.3 is 5.97 Å². The molecule has 0 atom stereocenters. The second-order valence-electron chi connectivity index (χ2n) is 1.13. The maximum absolute atomic E-state index is 8.07. The zero-order valence-electron chi connectivity index (χ0n) is 3.48. The molecule has 0 radical (unpaired) electrons. The van der Waals surface area contributed by atoms with Gasteiger partial charge in [-0.2, -0.15) is 0 Å². The quantitative estimate of drug-likeness (QED) is 0.364. The average Bonchev–Trinajstić information content (AvgIpc) is 1.25. The zero-order valence-corrected chi connectivity index (χ0v) is 5.74. The van der Waals surface area contributed by atoms with E-state index < -0.39 is 9.77 Å². The van der Waals surface area contributed by atoms with Crippen molar-refractivity contribution in [3.8, 4) is 0 Å². The number of alkyl halides is 3. The van der Waals surface area contributed by atoms with Gasteiger partial charge in [-0.1, -0.05) is 34.8 Å². The Hall–Kier alpha value is 0.750. The van der Waals surface area contributed by atoms with Crippen LogP contribution in [0.3, 0.4) is 0 Å². The molecule has 0 saturated carbocycles. The van der Waals surface area contributed by atoms with Gasteiger partial charge in [-0.15, -0.1) is 0 Å². The van der Waals surface area contributed by atoms with Crippen LogP contribution in [-0.2, 0) is 0 Å². The van der Waals surface area contributed by atoms with Crippen LogP contribution in [0.15, 0.2) is 0 Å². The van der Waals surface area contributed by atoms with E-state index in [1.165, 1.54) is 0 Å². The molecule has 6 heteroatoms. The molecule has 50 valence electrons. The van der Waals surface area contributed by atoms with Gasteiger partial charge in [0.05, 0.1) is 0 Å². The molecule has 0 amide bonds. The lowest BCUT2D eigenvalue weighted by Crippen LogP contribution is -2.42. The SMILES string of the molecule is OC(O)(O)C(Cl)(Cl)Cl. The molecule has 0 aromatic heterocycles. The lowest BCUT2D eigenvalue weighted by Gasteiger charge is -2.21. The molecule has 8 heavy (non-hydrogen) atoms.